The third-order valence-corrected chi connectivity index (χ3v) is 4.03. The highest BCUT2D eigenvalue weighted by atomic mass is 35.5. The van der Waals surface area contributed by atoms with Crippen LogP contribution in [0.25, 0.3) is 6.08 Å². The fourth-order valence-corrected chi connectivity index (χ4v) is 2.82. The molecule has 1 aliphatic heterocycles. The molecule has 1 aromatic carbocycles. The number of nitrogens with zero attached hydrogens (tertiary/aromatic N) is 3. The molecule has 1 saturated heterocycles. The van der Waals surface area contributed by atoms with Crippen molar-refractivity contribution in [1.82, 2.24) is 19.8 Å². The van der Waals surface area contributed by atoms with Crippen molar-refractivity contribution in [2.24, 2.45) is 7.05 Å². The minimum Gasteiger partial charge on any atom is -0.337 e. The van der Waals surface area contributed by atoms with Crippen molar-refractivity contribution >= 4 is 18.5 Å². The zero-order chi connectivity index (χ0) is 15.4. The number of halogens is 2. The van der Waals surface area contributed by atoms with Gasteiger partial charge in [-0.3, -0.25) is 4.90 Å². The molecule has 0 bridgehead atoms. The van der Waals surface area contributed by atoms with Crippen LogP contribution < -0.4 is 5.32 Å². The third kappa shape index (κ3) is 4.41. The lowest BCUT2D eigenvalue weighted by Gasteiger charge is -2.34. The largest absolute Gasteiger partial charge is 0.337 e. The van der Waals surface area contributed by atoms with Gasteiger partial charge in [0.15, 0.2) is 0 Å². The van der Waals surface area contributed by atoms with Crippen LogP contribution in [0.2, 0.25) is 0 Å². The Hall–Kier alpha value is -1.69. The highest BCUT2D eigenvalue weighted by Crippen LogP contribution is 2.20. The van der Waals surface area contributed by atoms with Crippen molar-refractivity contribution in [3.8, 4) is 0 Å². The van der Waals surface area contributed by atoms with Crippen LogP contribution in [-0.4, -0.2) is 40.6 Å². The predicted molar refractivity (Wildman–Crippen MR) is 93.1 cm³/mol. The number of hydrogen-bond donors (Lipinski definition) is 1. The minimum atomic E-state index is -0.200. The number of benzene rings is 1. The fourth-order valence-electron chi connectivity index (χ4n) is 2.82. The van der Waals surface area contributed by atoms with Crippen LogP contribution in [0.4, 0.5) is 4.39 Å². The first kappa shape index (κ1) is 17.7. The first-order valence-electron chi connectivity index (χ1n) is 7.58. The summed E-state index contributed by atoms with van der Waals surface area (Å²) in [6.45, 7) is 3.75. The second-order valence-corrected chi connectivity index (χ2v) is 5.57. The van der Waals surface area contributed by atoms with Gasteiger partial charge in [-0.05, 0) is 17.7 Å². The maximum atomic E-state index is 12.9. The minimum absolute atomic E-state index is 0. The second-order valence-electron chi connectivity index (χ2n) is 5.57. The number of nitrogens with one attached hydrogen (secondary N) is 1. The lowest BCUT2D eigenvalue weighted by Crippen LogP contribution is -2.46. The van der Waals surface area contributed by atoms with E-state index in [1.807, 2.05) is 25.5 Å². The molecule has 1 fully saturated rings. The number of aryl methyl sites for hydroxylation is 1. The van der Waals surface area contributed by atoms with E-state index in [0.717, 1.165) is 37.6 Å². The molecule has 2 heterocycles. The van der Waals surface area contributed by atoms with E-state index in [-0.39, 0.29) is 24.3 Å². The summed E-state index contributed by atoms with van der Waals surface area (Å²) >= 11 is 0. The van der Waals surface area contributed by atoms with Gasteiger partial charge in [0.25, 0.3) is 0 Å². The smallest absolute Gasteiger partial charge is 0.127 e. The molecule has 0 radical (unpaired) electrons. The van der Waals surface area contributed by atoms with Crippen molar-refractivity contribution in [3.63, 3.8) is 0 Å². The summed E-state index contributed by atoms with van der Waals surface area (Å²) < 4.78 is 15.0. The van der Waals surface area contributed by atoms with E-state index in [1.54, 1.807) is 12.1 Å². The van der Waals surface area contributed by atoms with Crippen molar-refractivity contribution in [2.75, 3.05) is 26.2 Å². The maximum absolute atomic E-state index is 12.9. The number of piperazine rings is 1. The standard InChI is InChI=1S/C17H21FN4.ClH/c1-21-11-9-20-17(21)16-13-19-8-12-22(16)10-2-3-14-4-6-15(18)7-5-14;/h2-7,9,11,16,19H,8,10,12-13H2,1H3;1H/b3-2+;. The van der Waals surface area contributed by atoms with Gasteiger partial charge in [0.2, 0.25) is 0 Å². The Morgan fingerprint density at radius 2 is 2.13 bits per heavy atom. The molecule has 0 saturated carbocycles. The van der Waals surface area contributed by atoms with Crippen LogP contribution in [0.15, 0.2) is 42.7 Å². The molecule has 124 valence electrons. The summed E-state index contributed by atoms with van der Waals surface area (Å²) in [7, 11) is 2.03. The zero-order valence-electron chi connectivity index (χ0n) is 13.2. The van der Waals surface area contributed by atoms with Gasteiger partial charge in [-0.1, -0.05) is 24.3 Å². The normalized spacial score (nSPS) is 19.0. The molecule has 1 N–H and O–H groups in total. The molecule has 0 spiro atoms. The van der Waals surface area contributed by atoms with Gasteiger partial charge in [-0.15, -0.1) is 12.4 Å². The highest BCUT2D eigenvalue weighted by Gasteiger charge is 2.25. The maximum Gasteiger partial charge on any atom is 0.127 e. The Morgan fingerprint density at radius 1 is 1.35 bits per heavy atom. The molecule has 3 rings (SSSR count). The summed E-state index contributed by atoms with van der Waals surface area (Å²) in [6.07, 6.45) is 8.00. The van der Waals surface area contributed by atoms with Crippen LogP contribution in [0.5, 0.6) is 0 Å². The molecular weight excluding hydrogens is 315 g/mol. The lowest BCUT2D eigenvalue weighted by molar-refractivity contribution is 0.170. The number of aromatic nitrogens is 2. The molecule has 1 aromatic heterocycles. The van der Waals surface area contributed by atoms with Crippen molar-refractivity contribution < 1.29 is 4.39 Å². The Labute approximate surface area is 142 Å². The molecular formula is C17H22ClFN4. The summed E-state index contributed by atoms with van der Waals surface area (Å²) in [6, 6.07) is 6.84. The SMILES string of the molecule is Cl.Cn1ccnc1C1CNCCN1C/C=C/c1ccc(F)cc1. The van der Waals surface area contributed by atoms with E-state index >= 15 is 0 Å². The molecule has 1 atom stereocenters. The Balaban J connectivity index is 0.00000192. The molecule has 23 heavy (non-hydrogen) atoms. The van der Waals surface area contributed by atoms with Crippen LogP contribution in [-0.2, 0) is 7.05 Å². The van der Waals surface area contributed by atoms with E-state index in [4.69, 9.17) is 0 Å². The Morgan fingerprint density at radius 3 is 2.83 bits per heavy atom. The predicted octanol–water partition coefficient (Wildman–Crippen LogP) is 2.64. The molecule has 6 heteroatoms. The second kappa shape index (κ2) is 8.24. The van der Waals surface area contributed by atoms with Crippen molar-refractivity contribution in [1.29, 1.82) is 0 Å². The number of rotatable bonds is 4. The third-order valence-electron chi connectivity index (χ3n) is 4.03. The summed E-state index contributed by atoms with van der Waals surface area (Å²) in [5.41, 5.74) is 1.02. The number of hydrogen-bond acceptors (Lipinski definition) is 3. The van der Waals surface area contributed by atoms with Gasteiger partial charge < -0.3 is 9.88 Å². The zero-order valence-corrected chi connectivity index (χ0v) is 14.0. The highest BCUT2D eigenvalue weighted by molar-refractivity contribution is 5.85. The Bertz CT molecular complexity index is 638. The first-order chi connectivity index (χ1) is 10.7. The van der Waals surface area contributed by atoms with E-state index in [0.29, 0.717) is 0 Å². The summed E-state index contributed by atoms with van der Waals surface area (Å²) in [5, 5.41) is 3.43. The lowest BCUT2D eigenvalue weighted by atomic mass is 10.1. The van der Waals surface area contributed by atoms with Gasteiger partial charge in [0, 0.05) is 45.6 Å². The first-order valence-corrected chi connectivity index (χ1v) is 7.58. The Kier molecular flexibility index (Phi) is 6.33. The van der Waals surface area contributed by atoms with Gasteiger partial charge in [-0.2, -0.15) is 0 Å². The monoisotopic (exact) mass is 336 g/mol. The van der Waals surface area contributed by atoms with E-state index in [9.17, 15) is 4.39 Å². The molecule has 0 amide bonds. The van der Waals surface area contributed by atoms with Gasteiger partial charge in [-0.25, -0.2) is 9.37 Å². The van der Waals surface area contributed by atoms with Gasteiger partial charge in [0.05, 0.1) is 6.04 Å². The molecule has 4 nitrogen and oxygen atoms in total. The van der Waals surface area contributed by atoms with Crippen molar-refractivity contribution in [3.05, 3.63) is 59.9 Å². The van der Waals surface area contributed by atoms with Crippen LogP contribution >= 0.6 is 12.4 Å². The average Bonchev–Trinajstić information content (AvgIpc) is 2.96. The van der Waals surface area contributed by atoms with Gasteiger partial charge in [0.1, 0.15) is 11.6 Å². The average molecular weight is 337 g/mol. The van der Waals surface area contributed by atoms with Crippen LogP contribution in [0, 0.1) is 5.82 Å². The van der Waals surface area contributed by atoms with E-state index in [1.165, 1.54) is 12.1 Å². The molecule has 2 aromatic rings. The quantitative estimate of drug-likeness (QED) is 0.931. The topological polar surface area (TPSA) is 33.1 Å². The van der Waals surface area contributed by atoms with Crippen molar-refractivity contribution in [2.45, 2.75) is 6.04 Å². The molecule has 1 aliphatic rings. The summed E-state index contributed by atoms with van der Waals surface area (Å²) in [5.74, 6) is 0.886. The van der Waals surface area contributed by atoms with Crippen LogP contribution in [0.1, 0.15) is 17.4 Å². The van der Waals surface area contributed by atoms with Gasteiger partial charge >= 0.3 is 0 Å². The van der Waals surface area contributed by atoms with E-state index in [2.05, 4.69) is 25.8 Å². The molecule has 0 aliphatic carbocycles. The fraction of sp³-hybridized carbons (Fsp3) is 0.353. The summed E-state index contributed by atoms with van der Waals surface area (Å²) in [4.78, 5) is 6.90. The van der Waals surface area contributed by atoms with E-state index < -0.39 is 0 Å². The molecule has 1 unspecified atom stereocenters. The number of imidazole rings is 1. The van der Waals surface area contributed by atoms with Crippen LogP contribution in [0.3, 0.4) is 0 Å².